The molecule has 0 unspecified atom stereocenters. The smallest absolute Gasteiger partial charge is 0.268 e. The van der Waals surface area contributed by atoms with Gasteiger partial charge in [-0.3, -0.25) is 4.79 Å². The number of aromatic nitrogens is 1. The van der Waals surface area contributed by atoms with Gasteiger partial charge >= 0.3 is 0 Å². The van der Waals surface area contributed by atoms with Crippen molar-refractivity contribution in [3.63, 3.8) is 0 Å². The second kappa shape index (κ2) is 5.46. The molecule has 0 aromatic carbocycles. The zero-order valence-corrected chi connectivity index (χ0v) is 9.90. The van der Waals surface area contributed by atoms with Crippen LogP contribution in [0.3, 0.4) is 0 Å². The number of likely N-dealkylation sites (N-methyl/N-ethyl adjacent to an activating group) is 2. The first kappa shape index (κ1) is 12.4. The Bertz CT molecular complexity index is 365. The number of carbonyl (C=O) groups excluding carboxylic acids is 1. The first-order chi connectivity index (χ1) is 7.50. The summed E-state index contributed by atoms with van der Waals surface area (Å²) in [6, 6.07) is 6.17. The Morgan fingerprint density at radius 3 is 2.69 bits per heavy atom. The molecule has 0 spiro atoms. The fourth-order valence-corrected chi connectivity index (χ4v) is 1.18. The average molecular weight is 221 g/mol. The summed E-state index contributed by atoms with van der Waals surface area (Å²) in [6.45, 7) is 1.75. The molecule has 0 aliphatic rings. The SMILES string of the molecule is CN(C)CCN(C)c1cc[c]c(C(N)=O)n1. The molecule has 1 aromatic rings. The van der Waals surface area contributed by atoms with E-state index in [0.717, 1.165) is 18.9 Å². The van der Waals surface area contributed by atoms with Crippen LogP contribution in [0.2, 0.25) is 0 Å². The zero-order valence-electron chi connectivity index (χ0n) is 9.90. The Labute approximate surface area is 95.9 Å². The molecule has 0 saturated carbocycles. The molecule has 0 aliphatic carbocycles. The minimum Gasteiger partial charge on any atom is -0.364 e. The van der Waals surface area contributed by atoms with Crippen LogP contribution in [-0.2, 0) is 0 Å². The van der Waals surface area contributed by atoms with Crippen molar-refractivity contribution in [1.82, 2.24) is 9.88 Å². The Morgan fingerprint density at radius 1 is 1.44 bits per heavy atom. The lowest BCUT2D eigenvalue weighted by Gasteiger charge is -2.20. The van der Waals surface area contributed by atoms with Gasteiger partial charge < -0.3 is 15.5 Å². The van der Waals surface area contributed by atoms with Gasteiger partial charge in [0.1, 0.15) is 11.5 Å². The summed E-state index contributed by atoms with van der Waals surface area (Å²) in [6.07, 6.45) is 0. The van der Waals surface area contributed by atoms with Gasteiger partial charge in [-0.2, -0.15) is 0 Å². The van der Waals surface area contributed by atoms with Crippen LogP contribution in [0.5, 0.6) is 0 Å². The van der Waals surface area contributed by atoms with Crippen molar-refractivity contribution in [3.8, 4) is 0 Å². The lowest BCUT2D eigenvalue weighted by molar-refractivity contribution is 0.0995. The third-order valence-electron chi connectivity index (χ3n) is 2.19. The topological polar surface area (TPSA) is 62.5 Å². The highest BCUT2D eigenvalue weighted by molar-refractivity contribution is 5.90. The molecular weight excluding hydrogens is 204 g/mol. The summed E-state index contributed by atoms with van der Waals surface area (Å²) in [7, 11) is 5.94. The van der Waals surface area contributed by atoms with E-state index in [0.29, 0.717) is 0 Å². The number of carbonyl (C=O) groups is 1. The fourth-order valence-electron chi connectivity index (χ4n) is 1.18. The molecule has 1 rings (SSSR count). The summed E-state index contributed by atoms with van der Waals surface area (Å²) in [5.41, 5.74) is 5.32. The van der Waals surface area contributed by atoms with E-state index in [1.54, 1.807) is 6.07 Å². The summed E-state index contributed by atoms with van der Waals surface area (Å²) in [5.74, 6) is 0.178. The van der Waals surface area contributed by atoms with Crippen LogP contribution in [0.4, 0.5) is 5.82 Å². The molecule has 0 saturated heterocycles. The molecule has 2 N–H and O–H groups in total. The number of hydrogen-bond donors (Lipinski definition) is 1. The molecule has 16 heavy (non-hydrogen) atoms. The number of nitrogens with two attached hydrogens (primary N) is 1. The largest absolute Gasteiger partial charge is 0.364 e. The number of primary amides is 1. The molecule has 87 valence electrons. The Morgan fingerprint density at radius 2 is 2.12 bits per heavy atom. The Balaban J connectivity index is 2.71. The van der Waals surface area contributed by atoms with Gasteiger partial charge in [0.05, 0.1) is 0 Å². The van der Waals surface area contributed by atoms with Gasteiger partial charge in [-0.25, -0.2) is 4.98 Å². The predicted molar refractivity (Wildman–Crippen MR) is 63.4 cm³/mol. The minimum atomic E-state index is -0.553. The van der Waals surface area contributed by atoms with Crippen LogP contribution >= 0.6 is 0 Å². The Hall–Kier alpha value is -1.62. The van der Waals surface area contributed by atoms with Crippen molar-refractivity contribution in [2.75, 3.05) is 39.1 Å². The van der Waals surface area contributed by atoms with Crippen LogP contribution in [0.15, 0.2) is 12.1 Å². The summed E-state index contributed by atoms with van der Waals surface area (Å²) < 4.78 is 0. The van der Waals surface area contributed by atoms with Crippen molar-refractivity contribution in [2.45, 2.75) is 0 Å². The molecule has 0 atom stereocenters. The van der Waals surface area contributed by atoms with E-state index in [1.165, 1.54) is 0 Å². The highest BCUT2D eigenvalue weighted by atomic mass is 16.1. The zero-order chi connectivity index (χ0) is 12.1. The highest BCUT2D eigenvalue weighted by Gasteiger charge is 2.07. The molecule has 1 radical (unpaired) electrons. The van der Waals surface area contributed by atoms with Gasteiger partial charge in [0.15, 0.2) is 0 Å². The lowest BCUT2D eigenvalue weighted by Crippen LogP contribution is -2.29. The highest BCUT2D eigenvalue weighted by Crippen LogP contribution is 2.08. The summed E-state index contributed by atoms with van der Waals surface area (Å²) >= 11 is 0. The third kappa shape index (κ3) is 3.51. The molecule has 1 heterocycles. The molecule has 0 aliphatic heterocycles. The van der Waals surface area contributed by atoms with Gasteiger partial charge in [-0.1, -0.05) is 0 Å². The quantitative estimate of drug-likeness (QED) is 0.759. The monoisotopic (exact) mass is 221 g/mol. The van der Waals surface area contributed by atoms with Crippen molar-refractivity contribution >= 4 is 11.7 Å². The molecule has 0 fully saturated rings. The first-order valence-electron chi connectivity index (χ1n) is 5.05. The predicted octanol–water partition coefficient (Wildman–Crippen LogP) is -0.0215. The van der Waals surface area contributed by atoms with E-state index in [9.17, 15) is 4.79 Å². The van der Waals surface area contributed by atoms with Gasteiger partial charge in [-0.05, 0) is 26.2 Å². The molecule has 0 bridgehead atoms. The van der Waals surface area contributed by atoms with Crippen molar-refractivity contribution < 1.29 is 4.79 Å². The fraction of sp³-hybridized carbons (Fsp3) is 0.455. The number of rotatable bonds is 5. The van der Waals surface area contributed by atoms with Crippen LogP contribution in [0.25, 0.3) is 0 Å². The van der Waals surface area contributed by atoms with Gasteiger partial charge in [-0.15, -0.1) is 0 Å². The maximum absolute atomic E-state index is 10.9. The normalized spacial score (nSPS) is 10.5. The summed E-state index contributed by atoms with van der Waals surface area (Å²) in [4.78, 5) is 19.1. The van der Waals surface area contributed by atoms with Crippen molar-refractivity contribution in [1.29, 1.82) is 0 Å². The van der Waals surface area contributed by atoms with Crippen molar-refractivity contribution in [3.05, 3.63) is 23.9 Å². The molecule has 5 nitrogen and oxygen atoms in total. The van der Waals surface area contributed by atoms with Crippen LogP contribution in [0, 0.1) is 6.07 Å². The summed E-state index contributed by atoms with van der Waals surface area (Å²) in [5, 5.41) is 0. The third-order valence-corrected chi connectivity index (χ3v) is 2.19. The Kier molecular flexibility index (Phi) is 4.25. The average Bonchev–Trinajstić information content (AvgIpc) is 2.26. The standard InChI is InChI=1S/C11H17N4O/c1-14(2)7-8-15(3)10-6-4-5-9(13-10)11(12)16/h4,6H,7-8H2,1-3H3,(H2,12,16). The maximum Gasteiger partial charge on any atom is 0.268 e. The van der Waals surface area contributed by atoms with E-state index < -0.39 is 5.91 Å². The van der Waals surface area contributed by atoms with Gasteiger partial charge in [0.2, 0.25) is 0 Å². The molecular formula is C11H17N4O. The molecule has 1 amide bonds. The second-order valence-electron chi connectivity index (χ2n) is 3.89. The molecule has 1 aromatic heterocycles. The maximum atomic E-state index is 10.9. The van der Waals surface area contributed by atoms with E-state index >= 15 is 0 Å². The van der Waals surface area contributed by atoms with E-state index in [2.05, 4.69) is 16.0 Å². The van der Waals surface area contributed by atoms with E-state index in [1.807, 2.05) is 32.1 Å². The second-order valence-corrected chi connectivity index (χ2v) is 3.89. The number of pyridine rings is 1. The number of hydrogen-bond acceptors (Lipinski definition) is 4. The van der Waals surface area contributed by atoms with Gasteiger partial charge in [0, 0.05) is 26.2 Å². The van der Waals surface area contributed by atoms with Crippen molar-refractivity contribution in [2.24, 2.45) is 5.73 Å². The van der Waals surface area contributed by atoms with Crippen LogP contribution < -0.4 is 10.6 Å². The number of nitrogens with zero attached hydrogens (tertiary/aromatic N) is 3. The first-order valence-corrected chi connectivity index (χ1v) is 5.05. The minimum absolute atomic E-state index is 0.175. The van der Waals surface area contributed by atoms with E-state index in [4.69, 9.17) is 5.73 Å². The van der Waals surface area contributed by atoms with Gasteiger partial charge in [0.25, 0.3) is 5.91 Å². The number of amides is 1. The van der Waals surface area contributed by atoms with Crippen LogP contribution in [0.1, 0.15) is 10.5 Å². The number of anilines is 1. The van der Waals surface area contributed by atoms with E-state index in [-0.39, 0.29) is 5.69 Å². The molecule has 5 heteroatoms. The lowest BCUT2D eigenvalue weighted by atomic mass is 10.3. The van der Waals surface area contributed by atoms with Crippen LogP contribution in [-0.4, -0.2) is 50.0 Å².